The molecule has 0 saturated carbocycles. The van der Waals surface area contributed by atoms with E-state index in [1.807, 2.05) is 13.8 Å². The molecule has 6 nitrogen and oxygen atoms in total. The zero-order chi connectivity index (χ0) is 17.5. The van der Waals surface area contributed by atoms with Crippen molar-refractivity contribution >= 4 is 11.8 Å². The van der Waals surface area contributed by atoms with Crippen LogP contribution < -0.4 is 15.2 Å². The van der Waals surface area contributed by atoms with Gasteiger partial charge in [-0.2, -0.15) is 0 Å². The molecule has 2 amide bonds. The van der Waals surface area contributed by atoms with Crippen molar-refractivity contribution in [2.45, 2.75) is 45.6 Å². The summed E-state index contributed by atoms with van der Waals surface area (Å²) in [6.07, 6.45) is 2.97. The van der Waals surface area contributed by atoms with E-state index < -0.39 is 0 Å². The van der Waals surface area contributed by atoms with Gasteiger partial charge in [0.05, 0.1) is 13.2 Å². The quantitative estimate of drug-likeness (QED) is 0.830. The summed E-state index contributed by atoms with van der Waals surface area (Å²) in [6.45, 7) is 5.45. The Kier molecular flexibility index (Phi) is 6.46. The molecule has 0 aliphatic carbocycles. The lowest BCUT2D eigenvalue weighted by Crippen LogP contribution is -2.45. The predicted octanol–water partition coefficient (Wildman–Crippen LogP) is 2.35. The van der Waals surface area contributed by atoms with Crippen molar-refractivity contribution in [1.82, 2.24) is 4.90 Å². The number of primary amides is 1. The third kappa shape index (κ3) is 4.40. The number of carbonyl (C=O) groups is 2. The number of hydrogen-bond acceptors (Lipinski definition) is 4. The maximum atomic E-state index is 12.9. The maximum absolute atomic E-state index is 12.9. The van der Waals surface area contributed by atoms with Crippen molar-refractivity contribution in [1.29, 1.82) is 0 Å². The molecule has 0 spiro atoms. The summed E-state index contributed by atoms with van der Waals surface area (Å²) in [5, 5.41) is 0. The number of likely N-dealkylation sites (tertiary alicyclic amines) is 1. The minimum Gasteiger partial charge on any atom is -0.490 e. The molecule has 1 aromatic carbocycles. The van der Waals surface area contributed by atoms with Gasteiger partial charge in [-0.3, -0.25) is 9.59 Å². The van der Waals surface area contributed by atoms with E-state index in [1.165, 1.54) is 0 Å². The predicted molar refractivity (Wildman–Crippen MR) is 91.3 cm³/mol. The van der Waals surface area contributed by atoms with Crippen LogP contribution in [0.5, 0.6) is 11.5 Å². The smallest absolute Gasteiger partial charge is 0.254 e. The molecule has 0 unspecified atom stereocenters. The summed E-state index contributed by atoms with van der Waals surface area (Å²) in [5.74, 6) is 0.725. The molecule has 1 saturated heterocycles. The van der Waals surface area contributed by atoms with Gasteiger partial charge in [0, 0.05) is 24.6 Å². The van der Waals surface area contributed by atoms with Crippen molar-refractivity contribution in [3.63, 3.8) is 0 Å². The second kappa shape index (κ2) is 8.57. The van der Waals surface area contributed by atoms with Crippen molar-refractivity contribution in [2.75, 3.05) is 19.8 Å². The van der Waals surface area contributed by atoms with Crippen LogP contribution in [0.1, 0.15) is 49.9 Å². The summed E-state index contributed by atoms with van der Waals surface area (Å²) < 4.78 is 11.1. The van der Waals surface area contributed by atoms with Gasteiger partial charge in [-0.1, -0.05) is 0 Å². The van der Waals surface area contributed by atoms with Gasteiger partial charge in [0.25, 0.3) is 5.91 Å². The minimum atomic E-state index is -0.374. The lowest BCUT2D eigenvalue weighted by molar-refractivity contribution is -0.119. The fourth-order valence-corrected chi connectivity index (χ4v) is 3.06. The lowest BCUT2D eigenvalue weighted by Gasteiger charge is -2.35. The molecule has 132 valence electrons. The van der Waals surface area contributed by atoms with Gasteiger partial charge in [0.15, 0.2) is 11.5 Å². The van der Waals surface area contributed by atoms with E-state index in [9.17, 15) is 9.59 Å². The summed E-state index contributed by atoms with van der Waals surface area (Å²) >= 11 is 0. The maximum Gasteiger partial charge on any atom is 0.254 e. The van der Waals surface area contributed by atoms with Gasteiger partial charge < -0.3 is 20.1 Å². The SMILES string of the molecule is CCOc1ccc(C(=O)N2CCCC[C@H]2CC(N)=O)cc1OCC. The molecular formula is C18H26N2O4. The number of amides is 2. The highest BCUT2D eigenvalue weighted by molar-refractivity contribution is 5.95. The van der Waals surface area contributed by atoms with E-state index >= 15 is 0 Å². The van der Waals surface area contributed by atoms with E-state index in [0.29, 0.717) is 36.8 Å². The Balaban J connectivity index is 2.23. The van der Waals surface area contributed by atoms with Crippen LogP contribution in [-0.2, 0) is 4.79 Å². The molecule has 0 bridgehead atoms. The Morgan fingerprint density at radius 2 is 1.88 bits per heavy atom. The van der Waals surface area contributed by atoms with Gasteiger partial charge in [-0.05, 0) is 51.3 Å². The lowest BCUT2D eigenvalue weighted by atomic mass is 9.98. The van der Waals surface area contributed by atoms with E-state index in [2.05, 4.69) is 0 Å². The summed E-state index contributed by atoms with van der Waals surface area (Å²) in [7, 11) is 0. The summed E-state index contributed by atoms with van der Waals surface area (Å²) in [5.41, 5.74) is 5.87. The first-order valence-electron chi connectivity index (χ1n) is 8.55. The molecular weight excluding hydrogens is 308 g/mol. The molecule has 1 heterocycles. The first-order valence-corrected chi connectivity index (χ1v) is 8.55. The average molecular weight is 334 g/mol. The summed E-state index contributed by atoms with van der Waals surface area (Å²) in [4.78, 5) is 25.9. The van der Waals surface area contributed by atoms with Gasteiger partial charge in [-0.15, -0.1) is 0 Å². The van der Waals surface area contributed by atoms with Gasteiger partial charge in [0.1, 0.15) is 0 Å². The molecule has 1 aliphatic heterocycles. The molecule has 1 aliphatic rings. The van der Waals surface area contributed by atoms with Gasteiger partial charge in [-0.25, -0.2) is 0 Å². The first-order chi connectivity index (χ1) is 11.6. The van der Waals surface area contributed by atoms with Gasteiger partial charge >= 0.3 is 0 Å². The Labute approximate surface area is 142 Å². The highest BCUT2D eigenvalue weighted by atomic mass is 16.5. The van der Waals surface area contributed by atoms with Crippen LogP contribution in [0, 0.1) is 0 Å². The highest BCUT2D eigenvalue weighted by Crippen LogP contribution is 2.30. The Bertz CT molecular complexity index is 588. The minimum absolute atomic E-state index is 0.0926. The average Bonchev–Trinajstić information content (AvgIpc) is 2.56. The number of hydrogen-bond donors (Lipinski definition) is 1. The number of carbonyl (C=O) groups excluding carboxylic acids is 2. The molecule has 2 rings (SSSR count). The van der Waals surface area contributed by atoms with Crippen molar-refractivity contribution < 1.29 is 19.1 Å². The van der Waals surface area contributed by atoms with Crippen molar-refractivity contribution in [3.8, 4) is 11.5 Å². The Hall–Kier alpha value is -2.24. The largest absolute Gasteiger partial charge is 0.490 e. The zero-order valence-electron chi connectivity index (χ0n) is 14.4. The number of nitrogens with two attached hydrogens (primary N) is 1. The molecule has 24 heavy (non-hydrogen) atoms. The zero-order valence-corrected chi connectivity index (χ0v) is 14.4. The van der Waals surface area contributed by atoms with E-state index in [0.717, 1.165) is 19.3 Å². The van der Waals surface area contributed by atoms with Crippen LogP contribution in [0.3, 0.4) is 0 Å². The molecule has 0 radical (unpaired) electrons. The van der Waals surface area contributed by atoms with Crippen molar-refractivity contribution in [3.05, 3.63) is 23.8 Å². The van der Waals surface area contributed by atoms with Crippen LogP contribution in [0.4, 0.5) is 0 Å². The number of rotatable bonds is 7. The van der Waals surface area contributed by atoms with Crippen LogP contribution in [-0.4, -0.2) is 42.5 Å². The second-order valence-electron chi connectivity index (χ2n) is 5.85. The fraction of sp³-hybridized carbons (Fsp3) is 0.556. The topological polar surface area (TPSA) is 81.9 Å². The molecule has 2 N–H and O–H groups in total. The van der Waals surface area contributed by atoms with Crippen LogP contribution in [0.25, 0.3) is 0 Å². The Morgan fingerprint density at radius 3 is 2.54 bits per heavy atom. The molecule has 1 aromatic rings. The standard InChI is InChI=1S/C18H26N2O4/c1-3-23-15-9-8-13(11-16(15)24-4-2)18(22)20-10-6-5-7-14(20)12-17(19)21/h8-9,11,14H,3-7,10,12H2,1-2H3,(H2,19,21)/t14-/m0/s1. The molecule has 1 atom stereocenters. The fourth-order valence-electron chi connectivity index (χ4n) is 3.06. The van der Waals surface area contributed by atoms with Crippen LogP contribution in [0.15, 0.2) is 18.2 Å². The van der Waals surface area contributed by atoms with E-state index in [1.54, 1.807) is 23.1 Å². The normalized spacial score (nSPS) is 17.4. The van der Waals surface area contributed by atoms with E-state index in [4.69, 9.17) is 15.2 Å². The van der Waals surface area contributed by atoms with Crippen LogP contribution >= 0.6 is 0 Å². The highest BCUT2D eigenvalue weighted by Gasteiger charge is 2.29. The number of ether oxygens (including phenoxy) is 2. The molecule has 0 aromatic heterocycles. The monoisotopic (exact) mass is 334 g/mol. The second-order valence-corrected chi connectivity index (χ2v) is 5.85. The summed E-state index contributed by atoms with van der Waals surface area (Å²) in [6, 6.07) is 5.10. The van der Waals surface area contributed by atoms with Crippen molar-refractivity contribution in [2.24, 2.45) is 5.73 Å². The van der Waals surface area contributed by atoms with Crippen LogP contribution in [0.2, 0.25) is 0 Å². The molecule has 6 heteroatoms. The first kappa shape index (κ1) is 18.1. The third-order valence-electron chi connectivity index (χ3n) is 4.12. The number of piperidine rings is 1. The van der Waals surface area contributed by atoms with E-state index in [-0.39, 0.29) is 24.3 Å². The van der Waals surface area contributed by atoms with Gasteiger partial charge in [0.2, 0.25) is 5.91 Å². The Morgan fingerprint density at radius 1 is 1.17 bits per heavy atom. The third-order valence-corrected chi connectivity index (χ3v) is 4.12. The molecule has 1 fully saturated rings. The number of benzene rings is 1. The number of nitrogens with zero attached hydrogens (tertiary/aromatic N) is 1.